The van der Waals surface area contributed by atoms with Gasteiger partial charge in [-0.3, -0.25) is 4.79 Å². The molecule has 0 aromatic carbocycles. The van der Waals surface area contributed by atoms with Gasteiger partial charge in [-0.05, 0) is 44.9 Å². The second-order valence-corrected chi connectivity index (χ2v) is 22.9. The summed E-state index contributed by atoms with van der Waals surface area (Å²) in [6.45, 7) is 2.82. The SMILES string of the molecule is CCCCCCCC/C=C\CCCCCCCCCC(=O)NC(COC1OC(CO)C(OC2OC(CO)C(O)C(O)C2O)C(O)C1O)C(O)/C=C/CCCCCCCCCCCCCCCCCCCCCCCCCC. The van der Waals surface area contributed by atoms with Crippen molar-refractivity contribution in [1.82, 2.24) is 5.32 Å². The summed E-state index contributed by atoms with van der Waals surface area (Å²) in [6.07, 6.45) is 42.2. The molecule has 2 fully saturated rings. The lowest BCUT2D eigenvalue weighted by atomic mass is 9.97. The summed E-state index contributed by atoms with van der Waals surface area (Å²) in [5.74, 6) is -0.241. The quantitative estimate of drug-likeness (QED) is 0.0204. The molecule has 2 aliphatic rings. The molecule has 2 heterocycles. The Labute approximate surface area is 468 Å². The second-order valence-electron chi connectivity index (χ2n) is 22.9. The number of carbonyl (C=O) groups excluding carboxylic acids is 1. The van der Waals surface area contributed by atoms with E-state index >= 15 is 0 Å². The molecule has 77 heavy (non-hydrogen) atoms. The number of aliphatic hydroxyl groups excluding tert-OH is 8. The van der Waals surface area contributed by atoms with Crippen LogP contribution in [0, 0.1) is 0 Å². The van der Waals surface area contributed by atoms with E-state index in [0.29, 0.717) is 6.42 Å². The lowest BCUT2D eigenvalue weighted by Crippen LogP contribution is -2.65. The average molecular weight is 1100 g/mol. The molecule has 2 saturated heterocycles. The van der Waals surface area contributed by atoms with Gasteiger partial charge in [-0.25, -0.2) is 0 Å². The molecule has 0 aromatic heterocycles. The Morgan fingerprint density at radius 3 is 1.23 bits per heavy atom. The minimum absolute atomic E-state index is 0.241. The summed E-state index contributed by atoms with van der Waals surface area (Å²) < 4.78 is 22.8. The lowest BCUT2D eigenvalue weighted by Gasteiger charge is -2.46. The highest BCUT2D eigenvalue weighted by atomic mass is 16.7. The maximum Gasteiger partial charge on any atom is 0.220 e. The Hall–Kier alpha value is -1.53. The van der Waals surface area contributed by atoms with Gasteiger partial charge in [0.15, 0.2) is 12.6 Å². The summed E-state index contributed by atoms with van der Waals surface area (Å²) >= 11 is 0. The van der Waals surface area contributed by atoms with E-state index in [-0.39, 0.29) is 18.9 Å². The highest BCUT2D eigenvalue weighted by Crippen LogP contribution is 2.30. The molecular weight excluding hydrogens is 979 g/mol. The van der Waals surface area contributed by atoms with Crippen molar-refractivity contribution >= 4 is 5.91 Å². The third kappa shape index (κ3) is 34.5. The lowest BCUT2D eigenvalue weighted by molar-refractivity contribution is -0.359. The fourth-order valence-electron chi connectivity index (χ4n) is 10.7. The van der Waals surface area contributed by atoms with Gasteiger partial charge in [0, 0.05) is 6.42 Å². The maximum absolute atomic E-state index is 13.3. The van der Waals surface area contributed by atoms with Crippen LogP contribution < -0.4 is 5.32 Å². The van der Waals surface area contributed by atoms with Crippen molar-refractivity contribution in [1.29, 1.82) is 0 Å². The fraction of sp³-hybridized carbons (Fsp3) is 0.921. The highest BCUT2D eigenvalue weighted by molar-refractivity contribution is 5.76. The molecule has 0 saturated carbocycles. The van der Waals surface area contributed by atoms with Crippen molar-refractivity contribution in [3.05, 3.63) is 24.3 Å². The van der Waals surface area contributed by atoms with E-state index in [2.05, 4.69) is 31.3 Å². The summed E-state index contributed by atoms with van der Waals surface area (Å²) in [5.41, 5.74) is 0. The van der Waals surface area contributed by atoms with Gasteiger partial charge in [-0.2, -0.15) is 0 Å². The monoisotopic (exact) mass is 1100 g/mol. The molecule has 14 heteroatoms. The number of nitrogens with one attached hydrogen (secondary N) is 1. The first-order valence-electron chi connectivity index (χ1n) is 32.1. The van der Waals surface area contributed by atoms with Crippen molar-refractivity contribution in [3.8, 4) is 0 Å². The van der Waals surface area contributed by atoms with Gasteiger partial charge < -0.3 is 65.1 Å². The van der Waals surface area contributed by atoms with Crippen molar-refractivity contribution in [2.45, 2.75) is 351 Å². The predicted octanol–water partition coefficient (Wildman–Crippen LogP) is 11.6. The molecule has 2 rings (SSSR count). The Kier molecular flexibility index (Phi) is 45.7. The van der Waals surface area contributed by atoms with E-state index in [0.717, 1.165) is 44.9 Å². The average Bonchev–Trinajstić information content (AvgIpc) is 3.44. The highest BCUT2D eigenvalue weighted by Gasteiger charge is 2.51. The molecule has 12 atom stereocenters. The van der Waals surface area contributed by atoms with Crippen LogP contribution in [0.1, 0.15) is 277 Å². The summed E-state index contributed by atoms with van der Waals surface area (Å²) in [5, 5.41) is 87.2. The largest absolute Gasteiger partial charge is 0.394 e. The smallest absolute Gasteiger partial charge is 0.220 e. The fourth-order valence-corrected chi connectivity index (χ4v) is 10.7. The Morgan fingerprint density at radius 1 is 0.455 bits per heavy atom. The topological polar surface area (TPSA) is 228 Å². The van der Waals surface area contributed by atoms with E-state index in [1.165, 1.54) is 205 Å². The van der Waals surface area contributed by atoms with E-state index in [4.69, 9.17) is 18.9 Å². The first kappa shape index (κ1) is 71.6. The molecule has 12 unspecified atom stereocenters. The number of ether oxygens (including phenoxy) is 4. The summed E-state index contributed by atoms with van der Waals surface area (Å²) in [7, 11) is 0. The van der Waals surface area contributed by atoms with Crippen molar-refractivity contribution < 1.29 is 64.6 Å². The second kappa shape index (κ2) is 49.1. The van der Waals surface area contributed by atoms with Crippen LogP contribution in [-0.4, -0.2) is 140 Å². The summed E-state index contributed by atoms with van der Waals surface area (Å²) in [6, 6.07) is -0.915. The van der Waals surface area contributed by atoms with Gasteiger partial charge in [-0.15, -0.1) is 0 Å². The zero-order valence-electron chi connectivity index (χ0n) is 49.0. The maximum atomic E-state index is 13.3. The molecule has 0 radical (unpaired) electrons. The Bertz CT molecular complexity index is 1390. The minimum atomic E-state index is -1.79. The van der Waals surface area contributed by atoms with Crippen LogP contribution in [-0.2, 0) is 23.7 Å². The van der Waals surface area contributed by atoms with E-state index < -0.39 is 86.8 Å². The Balaban J connectivity index is 1.72. The third-order valence-corrected chi connectivity index (χ3v) is 15.9. The number of hydrogen-bond donors (Lipinski definition) is 9. The summed E-state index contributed by atoms with van der Waals surface area (Å²) in [4.78, 5) is 13.3. The number of rotatable bonds is 52. The van der Waals surface area contributed by atoms with Crippen LogP contribution in [0.3, 0.4) is 0 Å². The number of allylic oxidation sites excluding steroid dienone is 3. The van der Waals surface area contributed by atoms with Gasteiger partial charge in [0.2, 0.25) is 5.91 Å². The predicted molar refractivity (Wildman–Crippen MR) is 309 cm³/mol. The van der Waals surface area contributed by atoms with E-state index in [1.807, 2.05) is 6.08 Å². The number of carbonyl (C=O) groups is 1. The third-order valence-electron chi connectivity index (χ3n) is 15.9. The molecular formula is C63H119NO13. The van der Waals surface area contributed by atoms with Crippen molar-refractivity contribution in [3.63, 3.8) is 0 Å². The van der Waals surface area contributed by atoms with Crippen molar-refractivity contribution in [2.24, 2.45) is 0 Å². The number of aliphatic hydroxyl groups is 8. The van der Waals surface area contributed by atoms with Crippen LogP contribution in [0.2, 0.25) is 0 Å². The molecule has 0 aliphatic carbocycles. The Morgan fingerprint density at radius 2 is 0.818 bits per heavy atom. The molecule has 9 N–H and O–H groups in total. The van der Waals surface area contributed by atoms with Gasteiger partial charge in [0.25, 0.3) is 0 Å². The van der Waals surface area contributed by atoms with Gasteiger partial charge >= 0.3 is 0 Å². The van der Waals surface area contributed by atoms with Gasteiger partial charge in [0.1, 0.15) is 48.8 Å². The minimum Gasteiger partial charge on any atom is -0.394 e. The van der Waals surface area contributed by atoms with Gasteiger partial charge in [0.05, 0.1) is 32.0 Å². The standard InChI is InChI=1S/C63H119NO13/c1-3-5-7-9-11-13-15-17-19-21-22-23-24-25-26-27-28-29-31-32-34-36-38-40-42-44-46-52(67)51(64-55(68)47-45-43-41-39-37-35-33-30-20-18-16-14-12-10-8-6-4-2)50-74-62-60(73)58(71)61(54(49-66)76-62)77-63-59(72)57(70)56(69)53(48-65)75-63/h18,20,44,46,51-54,56-63,65-67,69-73H,3-17,19,21-43,45,47-50H2,1-2H3,(H,64,68)/b20-18-,46-44+. The first-order chi connectivity index (χ1) is 37.6. The molecule has 1 amide bonds. The zero-order chi connectivity index (χ0) is 56.0. The van der Waals surface area contributed by atoms with Crippen LogP contribution in [0.25, 0.3) is 0 Å². The van der Waals surface area contributed by atoms with Crippen LogP contribution in [0.4, 0.5) is 0 Å². The normalized spacial score (nSPS) is 24.8. The number of amides is 1. The molecule has 0 bridgehead atoms. The first-order valence-corrected chi connectivity index (χ1v) is 32.1. The van der Waals surface area contributed by atoms with Crippen molar-refractivity contribution in [2.75, 3.05) is 19.8 Å². The number of unbranched alkanes of at least 4 members (excludes halogenated alkanes) is 37. The molecule has 14 nitrogen and oxygen atoms in total. The molecule has 0 spiro atoms. The zero-order valence-corrected chi connectivity index (χ0v) is 49.0. The van der Waals surface area contributed by atoms with Crippen LogP contribution in [0.15, 0.2) is 24.3 Å². The van der Waals surface area contributed by atoms with Crippen LogP contribution >= 0.6 is 0 Å². The molecule has 0 aromatic rings. The van der Waals surface area contributed by atoms with E-state index in [9.17, 15) is 45.6 Å². The van der Waals surface area contributed by atoms with Gasteiger partial charge in [-0.1, -0.05) is 250 Å². The van der Waals surface area contributed by atoms with Crippen LogP contribution in [0.5, 0.6) is 0 Å². The molecule has 454 valence electrons. The van der Waals surface area contributed by atoms with E-state index in [1.54, 1.807) is 6.08 Å². The number of hydrogen-bond acceptors (Lipinski definition) is 13. The molecule has 2 aliphatic heterocycles.